The summed E-state index contributed by atoms with van der Waals surface area (Å²) in [5.74, 6) is -0.789. The van der Waals surface area contributed by atoms with Crippen molar-refractivity contribution in [3.8, 4) is 0 Å². The van der Waals surface area contributed by atoms with Gasteiger partial charge in [0, 0.05) is 32.5 Å². The van der Waals surface area contributed by atoms with Gasteiger partial charge in [0.05, 0.1) is 38.8 Å². The van der Waals surface area contributed by atoms with Gasteiger partial charge in [-0.15, -0.1) is 0 Å². The number of hydrogen-bond acceptors (Lipinski definition) is 9. The highest BCUT2D eigenvalue weighted by molar-refractivity contribution is 5.70. The van der Waals surface area contributed by atoms with Crippen LogP contribution in [-0.2, 0) is 38.1 Å². The van der Waals surface area contributed by atoms with Crippen molar-refractivity contribution in [2.24, 2.45) is 11.8 Å². The molecule has 0 fully saturated rings. The summed E-state index contributed by atoms with van der Waals surface area (Å²) in [6.07, 6.45) is 33.0. The second-order valence-corrected chi connectivity index (χ2v) is 15.0. The summed E-state index contributed by atoms with van der Waals surface area (Å²) >= 11 is 0. The molecule has 0 aliphatic heterocycles. The highest BCUT2D eigenvalue weighted by Crippen LogP contribution is 2.22. The summed E-state index contributed by atoms with van der Waals surface area (Å²) in [4.78, 5) is 37.2. The fraction of sp³-hybridized carbons (Fsp3) is 0.848. The largest absolute Gasteiger partial charge is 0.466 e. The molecular weight excluding hydrogens is 696 g/mol. The third-order valence-corrected chi connectivity index (χ3v) is 9.73. The first-order chi connectivity index (χ1) is 26.9. The molecule has 1 atom stereocenters. The Balaban J connectivity index is 4.30. The molecule has 0 saturated heterocycles. The molecule has 322 valence electrons. The molecule has 0 rings (SSSR count). The van der Waals surface area contributed by atoms with Gasteiger partial charge >= 0.3 is 17.9 Å². The van der Waals surface area contributed by atoms with Crippen LogP contribution in [0.5, 0.6) is 0 Å². The Morgan fingerprint density at radius 1 is 0.473 bits per heavy atom. The van der Waals surface area contributed by atoms with Crippen molar-refractivity contribution >= 4 is 17.9 Å². The number of carbonyl (C=O) groups is 3. The van der Waals surface area contributed by atoms with Crippen LogP contribution in [0.15, 0.2) is 24.3 Å². The van der Waals surface area contributed by atoms with Crippen molar-refractivity contribution in [1.29, 1.82) is 0 Å². The molecule has 1 N–H and O–H groups in total. The average Bonchev–Trinajstić information content (AvgIpc) is 3.18. The first-order valence-corrected chi connectivity index (χ1v) is 22.5. The van der Waals surface area contributed by atoms with Crippen molar-refractivity contribution < 1.29 is 43.2 Å². The number of aliphatic hydroxyl groups excluding tert-OH is 1. The lowest BCUT2D eigenvalue weighted by atomic mass is 9.92. The molecule has 0 aliphatic rings. The average molecular weight is 781 g/mol. The van der Waals surface area contributed by atoms with Crippen LogP contribution in [0.3, 0.4) is 0 Å². The molecule has 0 saturated carbocycles. The van der Waals surface area contributed by atoms with Gasteiger partial charge in [0.25, 0.3) is 0 Å². The monoisotopic (exact) mass is 781 g/mol. The van der Waals surface area contributed by atoms with Gasteiger partial charge in [-0.1, -0.05) is 123 Å². The maximum atomic E-state index is 12.5. The lowest BCUT2D eigenvalue weighted by Gasteiger charge is -2.19. The van der Waals surface area contributed by atoms with Crippen molar-refractivity contribution in [3.05, 3.63) is 24.3 Å². The van der Waals surface area contributed by atoms with Crippen molar-refractivity contribution in [1.82, 2.24) is 0 Å². The summed E-state index contributed by atoms with van der Waals surface area (Å²) in [5.41, 5.74) is 0. The van der Waals surface area contributed by atoms with E-state index in [2.05, 4.69) is 52.0 Å². The fourth-order valence-corrected chi connectivity index (χ4v) is 6.18. The minimum absolute atomic E-state index is 0.0249. The highest BCUT2D eigenvalue weighted by Gasteiger charge is 2.17. The van der Waals surface area contributed by atoms with E-state index in [1.165, 1.54) is 64.2 Å². The molecule has 0 amide bonds. The Bertz CT molecular complexity index is 898. The Morgan fingerprint density at radius 2 is 0.964 bits per heavy atom. The molecule has 9 heteroatoms. The zero-order valence-electron chi connectivity index (χ0n) is 35.9. The zero-order valence-corrected chi connectivity index (χ0v) is 35.9. The van der Waals surface area contributed by atoms with E-state index in [9.17, 15) is 19.5 Å². The minimum atomic E-state index is -0.498. The van der Waals surface area contributed by atoms with Crippen LogP contribution >= 0.6 is 0 Å². The second-order valence-electron chi connectivity index (χ2n) is 15.0. The third kappa shape index (κ3) is 37.1. The van der Waals surface area contributed by atoms with E-state index in [-0.39, 0.29) is 44.6 Å². The molecule has 0 bridgehead atoms. The number of carbonyl (C=O) groups excluding carboxylic acids is 3. The summed E-state index contributed by atoms with van der Waals surface area (Å²) in [6.45, 7) is 10.0. The van der Waals surface area contributed by atoms with Gasteiger partial charge < -0.3 is 28.8 Å². The minimum Gasteiger partial charge on any atom is -0.466 e. The maximum Gasteiger partial charge on any atom is 0.305 e. The lowest BCUT2D eigenvalue weighted by Crippen LogP contribution is -2.25. The summed E-state index contributed by atoms with van der Waals surface area (Å²) in [5, 5.41) is 9.78. The second kappa shape index (κ2) is 41.4. The number of aliphatic hydroxyl groups is 1. The van der Waals surface area contributed by atoms with Gasteiger partial charge in [-0.3, -0.25) is 14.4 Å². The van der Waals surface area contributed by atoms with E-state index in [0.717, 1.165) is 64.2 Å². The first kappa shape index (κ1) is 52.8. The molecule has 0 spiro atoms. The smallest absolute Gasteiger partial charge is 0.305 e. The van der Waals surface area contributed by atoms with Gasteiger partial charge in [0.15, 0.2) is 6.29 Å². The standard InChI is InChI=1S/C46H84O9/c1-5-9-13-17-19-26-35-52-46(53-36-27-20-18-14-10-6-2)33-32-45(50)55-40-42(38-47)39-54-44(49)31-25-21-24-30-43(48)51-37-34-41(28-22-15-11-7-3)29-23-16-12-8-4/h9-10,13-14,41-42,46-47H,5-8,11-12,15-40H2,1-4H3/b13-9-,14-10-. The van der Waals surface area contributed by atoms with Gasteiger partial charge in [-0.05, 0) is 76.5 Å². The summed E-state index contributed by atoms with van der Waals surface area (Å²) in [6, 6.07) is 0. The van der Waals surface area contributed by atoms with Crippen LogP contribution in [-0.4, -0.2) is 68.9 Å². The Hall–Kier alpha value is -2.23. The van der Waals surface area contributed by atoms with Crippen LogP contribution in [0.25, 0.3) is 0 Å². The normalized spacial score (nSPS) is 12.3. The van der Waals surface area contributed by atoms with Crippen molar-refractivity contribution in [2.75, 3.05) is 39.6 Å². The molecule has 55 heavy (non-hydrogen) atoms. The molecule has 1 unspecified atom stereocenters. The van der Waals surface area contributed by atoms with Gasteiger partial charge in [0.2, 0.25) is 0 Å². The number of esters is 3. The first-order valence-electron chi connectivity index (χ1n) is 22.5. The van der Waals surface area contributed by atoms with Crippen LogP contribution < -0.4 is 0 Å². The highest BCUT2D eigenvalue weighted by atomic mass is 16.7. The van der Waals surface area contributed by atoms with E-state index in [1.807, 2.05) is 0 Å². The Labute approximate surface area is 337 Å². The SMILES string of the molecule is CC/C=C\CCCCOC(CCC(=O)OCC(CO)COC(=O)CCCCCC(=O)OCCC(CCCCCC)CCCCCC)OCCCC/C=C\CC. The number of hydrogen-bond donors (Lipinski definition) is 1. The van der Waals surface area contributed by atoms with E-state index < -0.39 is 18.2 Å². The Morgan fingerprint density at radius 3 is 1.45 bits per heavy atom. The number of ether oxygens (including phenoxy) is 5. The van der Waals surface area contributed by atoms with E-state index in [1.54, 1.807) is 0 Å². The van der Waals surface area contributed by atoms with Crippen LogP contribution in [0.1, 0.15) is 195 Å². The molecule has 0 aromatic carbocycles. The molecule has 0 heterocycles. The fourth-order valence-electron chi connectivity index (χ4n) is 6.18. The van der Waals surface area contributed by atoms with Crippen LogP contribution in [0.4, 0.5) is 0 Å². The van der Waals surface area contributed by atoms with Gasteiger partial charge in [-0.2, -0.15) is 0 Å². The summed E-state index contributed by atoms with van der Waals surface area (Å²) in [7, 11) is 0. The Kier molecular flexibility index (Phi) is 39.7. The number of rotatable bonds is 41. The van der Waals surface area contributed by atoms with Gasteiger partial charge in [-0.25, -0.2) is 0 Å². The van der Waals surface area contributed by atoms with Crippen molar-refractivity contribution in [3.63, 3.8) is 0 Å². The molecule has 0 radical (unpaired) electrons. The van der Waals surface area contributed by atoms with Crippen molar-refractivity contribution in [2.45, 2.75) is 201 Å². The maximum absolute atomic E-state index is 12.5. The quantitative estimate of drug-likeness (QED) is 0.0213. The van der Waals surface area contributed by atoms with Gasteiger partial charge in [0.1, 0.15) is 0 Å². The lowest BCUT2D eigenvalue weighted by molar-refractivity contribution is -0.161. The predicted octanol–water partition coefficient (Wildman–Crippen LogP) is 11.5. The predicted molar refractivity (Wildman–Crippen MR) is 224 cm³/mol. The molecule has 0 aromatic rings. The molecule has 0 aliphatic carbocycles. The number of allylic oxidation sites excluding steroid dienone is 4. The van der Waals surface area contributed by atoms with Crippen LogP contribution in [0, 0.1) is 11.8 Å². The molecule has 0 aromatic heterocycles. The van der Waals surface area contributed by atoms with E-state index in [0.29, 0.717) is 51.4 Å². The summed E-state index contributed by atoms with van der Waals surface area (Å²) < 4.78 is 28.3. The number of unbranched alkanes of at least 4 members (excludes halogenated alkanes) is 12. The van der Waals surface area contributed by atoms with Crippen LogP contribution in [0.2, 0.25) is 0 Å². The zero-order chi connectivity index (χ0) is 40.5. The van der Waals surface area contributed by atoms with E-state index >= 15 is 0 Å². The topological polar surface area (TPSA) is 118 Å². The molecule has 9 nitrogen and oxygen atoms in total. The molecular formula is C46H84O9. The van der Waals surface area contributed by atoms with E-state index in [4.69, 9.17) is 23.7 Å². The third-order valence-electron chi connectivity index (χ3n) is 9.73.